The molecule has 0 atom stereocenters. The first-order valence-electron chi connectivity index (χ1n) is 6.94. The van der Waals surface area contributed by atoms with E-state index in [2.05, 4.69) is 4.98 Å². The number of hydrogen-bond acceptors (Lipinski definition) is 4. The largest absolute Gasteiger partial charge is 0.496 e. The molecule has 0 bridgehead atoms. The van der Waals surface area contributed by atoms with Gasteiger partial charge in [0.25, 0.3) is 0 Å². The predicted octanol–water partition coefficient (Wildman–Crippen LogP) is 3.64. The van der Waals surface area contributed by atoms with Crippen LogP contribution < -0.4 is 4.74 Å². The quantitative estimate of drug-likeness (QED) is 0.798. The van der Waals surface area contributed by atoms with Crippen LogP contribution in [0.15, 0.2) is 23.6 Å². The number of carboxylic acids is 1. The van der Waals surface area contributed by atoms with Crippen molar-refractivity contribution in [3.05, 3.63) is 40.5 Å². The van der Waals surface area contributed by atoms with Gasteiger partial charge in [-0.15, -0.1) is 11.3 Å². The molecule has 0 aliphatic rings. The summed E-state index contributed by atoms with van der Waals surface area (Å²) in [5.41, 5.74) is 3.67. The summed E-state index contributed by atoms with van der Waals surface area (Å²) >= 11 is 1.45. The highest BCUT2D eigenvalue weighted by Gasteiger charge is 2.21. The zero-order valence-corrected chi connectivity index (χ0v) is 13.4. The fraction of sp³-hybridized carbons (Fsp3) is 0.250. The number of thiazole rings is 1. The van der Waals surface area contributed by atoms with Crippen molar-refractivity contribution in [3.63, 3.8) is 0 Å². The molecule has 1 N–H and O–H groups in total. The Hall–Kier alpha value is -2.34. The smallest absolute Gasteiger partial charge is 0.354 e. The molecule has 2 aromatic heterocycles. The summed E-state index contributed by atoms with van der Waals surface area (Å²) in [7, 11) is 1.64. The van der Waals surface area contributed by atoms with Gasteiger partial charge in [-0.1, -0.05) is 6.92 Å². The number of aromatic nitrogens is 2. The van der Waals surface area contributed by atoms with Crippen LogP contribution in [0.2, 0.25) is 0 Å². The molecule has 0 aliphatic heterocycles. The molecule has 0 aliphatic carbocycles. The number of carboxylic acid groups (broad SMARTS) is 1. The zero-order chi connectivity index (χ0) is 15.9. The lowest BCUT2D eigenvalue weighted by molar-refractivity contribution is 0.0688. The van der Waals surface area contributed by atoms with Gasteiger partial charge < -0.3 is 9.84 Å². The molecule has 0 radical (unpaired) electrons. The third kappa shape index (κ3) is 2.16. The van der Waals surface area contributed by atoms with Crippen molar-refractivity contribution in [3.8, 4) is 17.0 Å². The topological polar surface area (TPSA) is 63.8 Å². The number of carbonyl (C=O) groups is 1. The minimum atomic E-state index is -0.950. The van der Waals surface area contributed by atoms with E-state index >= 15 is 0 Å². The van der Waals surface area contributed by atoms with Crippen molar-refractivity contribution in [1.82, 2.24) is 9.38 Å². The van der Waals surface area contributed by atoms with E-state index in [-0.39, 0.29) is 5.69 Å². The van der Waals surface area contributed by atoms with E-state index < -0.39 is 5.97 Å². The summed E-state index contributed by atoms with van der Waals surface area (Å²) in [5, 5.41) is 11.5. The molecule has 1 aromatic carbocycles. The second-order valence-electron chi connectivity index (χ2n) is 4.99. The highest BCUT2D eigenvalue weighted by atomic mass is 32.1. The van der Waals surface area contributed by atoms with Crippen LogP contribution in [0.4, 0.5) is 0 Å². The third-order valence-electron chi connectivity index (χ3n) is 3.66. The molecule has 0 amide bonds. The summed E-state index contributed by atoms with van der Waals surface area (Å²) in [5.74, 6) is -0.136. The van der Waals surface area contributed by atoms with E-state index in [1.165, 1.54) is 11.3 Å². The van der Waals surface area contributed by atoms with Crippen LogP contribution in [0.5, 0.6) is 5.75 Å². The number of aryl methyl sites for hydroxylation is 2. The summed E-state index contributed by atoms with van der Waals surface area (Å²) in [6, 6.07) is 5.83. The van der Waals surface area contributed by atoms with E-state index in [0.717, 1.165) is 22.6 Å². The number of aromatic carboxylic acids is 1. The van der Waals surface area contributed by atoms with E-state index in [0.29, 0.717) is 17.1 Å². The van der Waals surface area contributed by atoms with Gasteiger partial charge in [0.05, 0.1) is 18.5 Å². The molecule has 0 fully saturated rings. The second-order valence-corrected chi connectivity index (χ2v) is 5.83. The first-order chi connectivity index (χ1) is 10.6. The molecule has 114 valence electrons. The standard InChI is InChI=1S/C16H16N2O3S/c1-4-11-14(15(19)20)18-12(8-22-16(18)17-11)10-5-6-13(21-3)9(2)7-10/h5-8H,4H2,1-3H3,(H,19,20). The van der Waals surface area contributed by atoms with Crippen LogP contribution in [-0.2, 0) is 6.42 Å². The highest BCUT2D eigenvalue weighted by molar-refractivity contribution is 7.15. The van der Waals surface area contributed by atoms with Gasteiger partial charge in [-0.25, -0.2) is 9.78 Å². The number of benzene rings is 1. The van der Waals surface area contributed by atoms with Crippen LogP contribution in [0, 0.1) is 6.92 Å². The van der Waals surface area contributed by atoms with Crippen LogP contribution in [0.1, 0.15) is 28.7 Å². The molecule has 3 aromatic rings. The summed E-state index contributed by atoms with van der Waals surface area (Å²) in [4.78, 5) is 16.8. The number of hydrogen-bond donors (Lipinski definition) is 1. The summed E-state index contributed by atoms with van der Waals surface area (Å²) in [6.45, 7) is 3.88. The van der Waals surface area contributed by atoms with Gasteiger partial charge in [0.15, 0.2) is 10.7 Å². The van der Waals surface area contributed by atoms with Crippen molar-refractivity contribution in [2.75, 3.05) is 7.11 Å². The molecule has 6 heteroatoms. The predicted molar refractivity (Wildman–Crippen MR) is 86.1 cm³/mol. The van der Waals surface area contributed by atoms with Gasteiger partial charge in [-0.3, -0.25) is 4.40 Å². The first-order valence-corrected chi connectivity index (χ1v) is 7.81. The molecule has 0 saturated carbocycles. The summed E-state index contributed by atoms with van der Waals surface area (Å²) in [6.07, 6.45) is 0.594. The zero-order valence-electron chi connectivity index (χ0n) is 12.6. The Morgan fingerprint density at radius 1 is 1.45 bits per heavy atom. The van der Waals surface area contributed by atoms with Crippen LogP contribution in [0.3, 0.4) is 0 Å². The maximum atomic E-state index is 11.6. The third-order valence-corrected chi connectivity index (χ3v) is 4.49. The van der Waals surface area contributed by atoms with E-state index in [9.17, 15) is 9.90 Å². The van der Waals surface area contributed by atoms with E-state index in [1.54, 1.807) is 11.5 Å². The Morgan fingerprint density at radius 2 is 2.23 bits per heavy atom. The fourth-order valence-corrected chi connectivity index (χ4v) is 3.52. The molecule has 0 saturated heterocycles. The fourth-order valence-electron chi connectivity index (χ4n) is 2.61. The molecular weight excluding hydrogens is 300 g/mol. The second kappa shape index (κ2) is 5.46. The minimum Gasteiger partial charge on any atom is -0.496 e. The number of imidazole rings is 1. The lowest BCUT2D eigenvalue weighted by Gasteiger charge is -2.08. The van der Waals surface area contributed by atoms with Crippen molar-refractivity contribution in [2.24, 2.45) is 0 Å². The Kier molecular flexibility index (Phi) is 3.62. The van der Waals surface area contributed by atoms with Crippen molar-refractivity contribution >= 4 is 22.3 Å². The molecule has 0 spiro atoms. The van der Waals surface area contributed by atoms with Crippen molar-refractivity contribution in [1.29, 1.82) is 0 Å². The van der Waals surface area contributed by atoms with Gasteiger partial charge in [-0.05, 0) is 42.7 Å². The van der Waals surface area contributed by atoms with Gasteiger partial charge in [-0.2, -0.15) is 0 Å². The molecule has 2 heterocycles. The molecule has 3 rings (SSSR count). The van der Waals surface area contributed by atoms with Gasteiger partial charge >= 0.3 is 5.97 Å². The summed E-state index contributed by atoms with van der Waals surface area (Å²) < 4.78 is 7.01. The van der Waals surface area contributed by atoms with Gasteiger partial charge in [0.1, 0.15) is 5.75 Å². The first kappa shape index (κ1) is 14.6. The number of ether oxygens (including phenoxy) is 1. The molecule has 22 heavy (non-hydrogen) atoms. The van der Waals surface area contributed by atoms with Crippen LogP contribution >= 0.6 is 11.3 Å². The molecule has 5 nitrogen and oxygen atoms in total. The van der Waals surface area contributed by atoms with Crippen LogP contribution in [0.25, 0.3) is 16.2 Å². The SMILES string of the molecule is CCc1nc2scc(-c3ccc(OC)c(C)c3)n2c1C(=O)O. The average Bonchev–Trinajstić information content (AvgIpc) is 3.04. The van der Waals surface area contributed by atoms with E-state index in [1.807, 2.05) is 37.4 Å². The highest BCUT2D eigenvalue weighted by Crippen LogP contribution is 2.31. The van der Waals surface area contributed by atoms with Crippen molar-refractivity contribution < 1.29 is 14.6 Å². The maximum Gasteiger partial charge on any atom is 0.354 e. The Balaban J connectivity index is 2.25. The monoisotopic (exact) mass is 316 g/mol. The van der Waals surface area contributed by atoms with Gasteiger partial charge in [0.2, 0.25) is 0 Å². The number of fused-ring (bicyclic) bond motifs is 1. The Bertz CT molecular complexity index is 864. The minimum absolute atomic E-state index is 0.252. The number of methoxy groups -OCH3 is 1. The van der Waals surface area contributed by atoms with Gasteiger partial charge in [0, 0.05) is 5.38 Å². The molecule has 0 unspecified atom stereocenters. The maximum absolute atomic E-state index is 11.6. The average molecular weight is 316 g/mol. The Labute approximate surface area is 131 Å². The lowest BCUT2D eigenvalue weighted by atomic mass is 10.1. The van der Waals surface area contributed by atoms with Crippen molar-refractivity contribution in [2.45, 2.75) is 20.3 Å². The normalized spacial score (nSPS) is 11.0. The Morgan fingerprint density at radius 3 is 2.82 bits per heavy atom. The lowest BCUT2D eigenvalue weighted by Crippen LogP contribution is -2.05. The molecular formula is C16H16N2O3S. The van der Waals surface area contributed by atoms with Crippen LogP contribution in [-0.4, -0.2) is 27.6 Å². The van der Waals surface area contributed by atoms with E-state index in [4.69, 9.17) is 4.74 Å². The number of nitrogens with zero attached hydrogens (tertiary/aromatic N) is 2. The number of rotatable bonds is 4.